The van der Waals surface area contributed by atoms with E-state index in [2.05, 4.69) is 0 Å². The van der Waals surface area contributed by atoms with Crippen LogP contribution in [0.1, 0.15) is 44.7 Å². The SMILES string of the molecule is CCCN(C(C)(CC)CN)S(=O)(=O)c1ccc(C)c(C)c1. The third kappa shape index (κ3) is 3.65. The van der Waals surface area contributed by atoms with Crippen LogP contribution in [0.25, 0.3) is 0 Å². The van der Waals surface area contributed by atoms with Crippen LogP contribution in [0.3, 0.4) is 0 Å². The number of hydrogen-bond donors (Lipinski definition) is 1. The van der Waals surface area contributed by atoms with Crippen LogP contribution in [0.2, 0.25) is 0 Å². The molecule has 4 nitrogen and oxygen atoms in total. The van der Waals surface area contributed by atoms with Gasteiger partial charge in [-0.15, -0.1) is 0 Å². The molecule has 5 heteroatoms. The zero-order valence-electron chi connectivity index (χ0n) is 13.8. The number of sulfonamides is 1. The summed E-state index contributed by atoms with van der Waals surface area (Å²) in [5.41, 5.74) is 7.40. The van der Waals surface area contributed by atoms with Gasteiger partial charge in [-0.3, -0.25) is 0 Å². The van der Waals surface area contributed by atoms with Crippen molar-refractivity contribution in [1.82, 2.24) is 4.31 Å². The summed E-state index contributed by atoms with van der Waals surface area (Å²) in [6.07, 6.45) is 1.45. The maximum absolute atomic E-state index is 13.0. The van der Waals surface area contributed by atoms with Gasteiger partial charge in [-0.2, -0.15) is 4.31 Å². The van der Waals surface area contributed by atoms with E-state index >= 15 is 0 Å². The highest BCUT2D eigenvalue weighted by molar-refractivity contribution is 7.89. The lowest BCUT2D eigenvalue weighted by Gasteiger charge is -2.39. The fourth-order valence-electron chi connectivity index (χ4n) is 2.31. The molecule has 0 saturated carbocycles. The van der Waals surface area contributed by atoms with Crippen molar-refractivity contribution in [2.24, 2.45) is 5.73 Å². The predicted molar refractivity (Wildman–Crippen MR) is 87.8 cm³/mol. The van der Waals surface area contributed by atoms with Gasteiger partial charge < -0.3 is 5.73 Å². The lowest BCUT2D eigenvalue weighted by atomic mass is 9.99. The van der Waals surface area contributed by atoms with Gasteiger partial charge in [-0.05, 0) is 56.9 Å². The van der Waals surface area contributed by atoms with E-state index in [0.717, 1.165) is 17.5 Å². The van der Waals surface area contributed by atoms with Gasteiger partial charge in [-0.1, -0.05) is 19.9 Å². The van der Waals surface area contributed by atoms with Gasteiger partial charge in [0.2, 0.25) is 10.0 Å². The minimum Gasteiger partial charge on any atom is -0.329 e. The zero-order chi connectivity index (χ0) is 16.3. The largest absolute Gasteiger partial charge is 0.329 e. The quantitative estimate of drug-likeness (QED) is 0.842. The molecule has 0 aromatic heterocycles. The molecule has 2 N–H and O–H groups in total. The van der Waals surface area contributed by atoms with Gasteiger partial charge >= 0.3 is 0 Å². The minimum atomic E-state index is -3.53. The molecule has 0 heterocycles. The summed E-state index contributed by atoms with van der Waals surface area (Å²) in [5, 5.41) is 0. The molecule has 0 bridgehead atoms. The third-order valence-electron chi connectivity index (χ3n) is 4.30. The van der Waals surface area contributed by atoms with Gasteiger partial charge in [0, 0.05) is 18.6 Å². The Hall–Kier alpha value is -0.910. The van der Waals surface area contributed by atoms with Crippen molar-refractivity contribution < 1.29 is 8.42 Å². The van der Waals surface area contributed by atoms with E-state index in [1.165, 1.54) is 0 Å². The number of benzene rings is 1. The second-order valence-electron chi connectivity index (χ2n) is 5.88. The minimum absolute atomic E-state index is 0.313. The molecule has 1 aromatic carbocycles. The molecule has 0 aliphatic rings. The number of nitrogens with two attached hydrogens (primary N) is 1. The summed E-state index contributed by atoms with van der Waals surface area (Å²) in [6.45, 7) is 10.6. The standard InChI is InChI=1S/C16H28N2O2S/c1-6-10-18(16(5,7-2)12-17)21(19,20)15-9-8-13(3)14(4)11-15/h8-9,11H,6-7,10,12,17H2,1-5H3. The van der Waals surface area contributed by atoms with Crippen LogP contribution in [-0.2, 0) is 10.0 Å². The van der Waals surface area contributed by atoms with E-state index in [0.29, 0.717) is 24.4 Å². The van der Waals surface area contributed by atoms with Crippen molar-refractivity contribution in [2.75, 3.05) is 13.1 Å². The first-order valence-corrected chi connectivity index (χ1v) is 8.97. The summed E-state index contributed by atoms with van der Waals surface area (Å²) in [4.78, 5) is 0.354. The number of hydrogen-bond acceptors (Lipinski definition) is 3. The smallest absolute Gasteiger partial charge is 0.243 e. The maximum Gasteiger partial charge on any atom is 0.243 e. The lowest BCUT2D eigenvalue weighted by Crippen LogP contribution is -2.54. The molecule has 0 radical (unpaired) electrons. The normalized spacial score (nSPS) is 15.2. The van der Waals surface area contributed by atoms with E-state index in [-0.39, 0.29) is 0 Å². The molecule has 0 fully saturated rings. The zero-order valence-corrected chi connectivity index (χ0v) is 14.6. The Kier molecular flexibility index (Phi) is 5.96. The second-order valence-corrected chi connectivity index (χ2v) is 7.74. The van der Waals surface area contributed by atoms with E-state index < -0.39 is 15.6 Å². The first-order valence-electron chi connectivity index (χ1n) is 7.53. The molecule has 21 heavy (non-hydrogen) atoms. The van der Waals surface area contributed by atoms with Crippen molar-refractivity contribution in [1.29, 1.82) is 0 Å². The van der Waals surface area contributed by atoms with Crippen molar-refractivity contribution in [3.63, 3.8) is 0 Å². The molecule has 0 spiro atoms. The molecule has 0 amide bonds. The number of aryl methyl sites for hydroxylation is 2. The molecule has 1 unspecified atom stereocenters. The monoisotopic (exact) mass is 312 g/mol. The van der Waals surface area contributed by atoms with Gasteiger partial charge in [0.05, 0.1) is 4.90 Å². The highest BCUT2D eigenvalue weighted by atomic mass is 32.2. The molecule has 0 saturated heterocycles. The second kappa shape index (κ2) is 6.90. The van der Waals surface area contributed by atoms with Crippen molar-refractivity contribution in [2.45, 2.75) is 57.9 Å². The molecule has 1 rings (SSSR count). The van der Waals surface area contributed by atoms with Crippen molar-refractivity contribution >= 4 is 10.0 Å². The summed E-state index contributed by atoms with van der Waals surface area (Å²) < 4.78 is 27.6. The van der Waals surface area contributed by atoms with Crippen LogP contribution in [0.5, 0.6) is 0 Å². The summed E-state index contributed by atoms with van der Waals surface area (Å²) in [7, 11) is -3.53. The highest BCUT2D eigenvalue weighted by Crippen LogP contribution is 2.28. The van der Waals surface area contributed by atoms with Crippen LogP contribution in [0, 0.1) is 13.8 Å². The number of nitrogens with zero attached hydrogens (tertiary/aromatic N) is 1. The van der Waals surface area contributed by atoms with E-state index in [1.807, 2.05) is 40.7 Å². The average Bonchev–Trinajstić information content (AvgIpc) is 2.46. The average molecular weight is 312 g/mol. The van der Waals surface area contributed by atoms with E-state index in [1.54, 1.807) is 16.4 Å². The van der Waals surface area contributed by atoms with Gasteiger partial charge in [0.25, 0.3) is 0 Å². The Bertz CT molecular complexity index is 578. The molecule has 1 aromatic rings. The molecule has 1 atom stereocenters. The van der Waals surface area contributed by atoms with Crippen LogP contribution < -0.4 is 5.73 Å². The Balaban J connectivity index is 3.37. The maximum atomic E-state index is 13.0. The molecule has 0 aliphatic heterocycles. The van der Waals surface area contributed by atoms with Crippen LogP contribution in [0.15, 0.2) is 23.1 Å². The third-order valence-corrected chi connectivity index (χ3v) is 6.35. The molecular formula is C16H28N2O2S. The Morgan fingerprint density at radius 3 is 2.24 bits per heavy atom. The van der Waals surface area contributed by atoms with Gasteiger partial charge in [0.1, 0.15) is 0 Å². The van der Waals surface area contributed by atoms with E-state index in [9.17, 15) is 8.42 Å². The van der Waals surface area contributed by atoms with Crippen molar-refractivity contribution in [3.05, 3.63) is 29.3 Å². The summed E-state index contributed by atoms with van der Waals surface area (Å²) in [6, 6.07) is 5.30. The Morgan fingerprint density at radius 1 is 1.19 bits per heavy atom. The molecule has 0 aliphatic carbocycles. The topological polar surface area (TPSA) is 63.4 Å². The van der Waals surface area contributed by atoms with Gasteiger partial charge in [-0.25, -0.2) is 8.42 Å². The summed E-state index contributed by atoms with van der Waals surface area (Å²) >= 11 is 0. The lowest BCUT2D eigenvalue weighted by molar-refractivity contribution is 0.206. The first kappa shape index (κ1) is 18.1. The molecular weight excluding hydrogens is 284 g/mol. The van der Waals surface area contributed by atoms with Crippen LogP contribution >= 0.6 is 0 Å². The Morgan fingerprint density at radius 2 is 1.81 bits per heavy atom. The first-order chi connectivity index (χ1) is 9.72. The Labute approximate surface area is 129 Å². The van der Waals surface area contributed by atoms with Crippen LogP contribution in [-0.4, -0.2) is 31.4 Å². The predicted octanol–water partition coefficient (Wildman–Crippen LogP) is 2.83. The molecule has 120 valence electrons. The highest BCUT2D eigenvalue weighted by Gasteiger charge is 2.37. The van der Waals surface area contributed by atoms with E-state index in [4.69, 9.17) is 5.73 Å². The fraction of sp³-hybridized carbons (Fsp3) is 0.625. The fourth-order valence-corrected chi connectivity index (χ4v) is 4.33. The summed E-state index contributed by atoms with van der Waals surface area (Å²) in [5.74, 6) is 0. The van der Waals surface area contributed by atoms with Crippen LogP contribution in [0.4, 0.5) is 0 Å². The number of rotatable bonds is 7. The van der Waals surface area contributed by atoms with Crippen molar-refractivity contribution in [3.8, 4) is 0 Å². The van der Waals surface area contributed by atoms with Gasteiger partial charge in [0.15, 0.2) is 0 Å².